The second-order valence-corrected chi connectivity index (χ2v) is 3.30. The second kappa shape index (κ2) is 3.37. The molecule has 2 atom stereocenters. The molecule has 0 aromatic heterocycles. The van der Waals surface area contributed by atoms with Crippen LogP contribution in [-0.2, 0) is 14.3 Å². The molecular formula is C9H14O3. The first-order chi connectivity index (χ1) is 5.59. The Kier molecular flexibility index (Phi) is 2.65. The summed E-state index contributed by atoms with van der Waals surface area (Å²) < 4.78 is 10.8. The van der Waals surface area contributed by atoms with Crippen molar-refractivity contribution >= 4 is 6.29 Å². The maximum atomic E-state index is 10.5. The average Bonchev–Trinajstić information content (AvgIpc) is 2.26. The van der Waals surface area contributed by atoms with Crippen molar-refractivity contribution in [3.8, 4) is 0 Å². The van der Waals surface area contributed by atoms with Gasteiger partial charge in [0.15, 0.2) is 12.1 Å². The summed E-state index contributed by atoms with van der Waals surface area (Å²) >= 11 is 0. The molecule has 1 aliphatic heterocycles. The van der Waals surface area contributed by atoms with Gasteiger partial charge in [-0.3, -0.25) is 0 Å². The molecule has 1 heterocycles. The molecule has 0 aromatic carbocycles. The van der Waals surface area contributed by atoms with E-state index in [1.165, 1.54) is 0 Å². The van der Waals surface area contributed by atoms with Crippen LogP contribution >= 0.6 is 0 Å². The Morgan fingerprint density at radius 2 is 2.17 bits per heavy atom. The van der Waals surface area contributed by atoms with Crippen molar-refractivity contribution in [3.05, 3.63) is 12.7 Å². The largest absolute Gasteiger partial charge is 0.344 e. The zero-order chi connectivity index (χ0) is 9.19. The molecule has 1 aliphatic rings. The first kappa shape index (κ1) is 9.42. The zero-order valence-corrected chi connectivity index (χ0v) is 7.45. The molecule has 3 heteroatoms. The molecule has 0 radical (unpaired) electrons. The quantitative estimate of drug-likeness (QED) is 0.473. The minimum Gasteiger partial charge on any atom is -0.344 e. The molecule has 3 nitrogen and oxygen atoms in total. The van der Waals surface area contributed by atoms with Gasteiger partial charge in [-0.25, -0.2) is 0 Å². The molecule has 0 aromatic rings. The number of hydrogen-bond acceptors (Lipinski definition) is 3. The first-order valence-electron chi connectivity index (χ1n) is 4.01. The molecule has 1 rings (SSSR count). The zero-order valence-electron chi connectivity index (χ0n) is 7.45. The van der Waals surface area contributed by atoms with Gasteiger partial charge in [0.05, 0.1) is 6.10 Å². The highest BCUT2D eigenvalue weighted by molar-refractivity contribution is 5.57. The van der Waals surface area contributed by atoms with Crippen LogP contribution in [0.15, 0.2) is 12.7 Å². The number of rotatable bonds is 3. The van der Waals surface area contributed by atoms with E-state index in [1.807, 2.05) is 0 Å². The molecule has 1 saturated heterocycles. The van der Waals surface area contributed by atoms with Crippen LogP contribution in [0, 0.1) is 0 Å². The van der Waals surface area contributed by atoms with E-state index in [4.69, 9.17) is 9.47 Å². The van der Waals surface area contributed by atoms with Crippen LogP contribution in [0.3, 0.4) is 0 Å². The summed E-state index contributed by atoms with van der Waals surface area (Å²) in [5.41, 5.74) is 0. The predicted molar refractivity (Wildman–Crippen MR) is 44.7 cm³/mol. The standard InChI is InChI=1S/C9H14O3/c1-4-5-7-8(6-10)12-9(2,3)11-7/h4,6-8H,1,5H2,2-3H3/t7-,8-/m1/s1. The van der Waals surface area contributed by atoms with Gasteiger partial charge in [-0.15, -0.1) is 6.58 Å². The van der Waals surface area contributed by atoms with Gasteiger partial charge in [0.2, 0.25) is 0 Å². The van der Waals surface area contributed by atoms with E-state index in [0.717, 1.165) is 6.29 Å². The van der Waals surface area contributed by atoms with Crippen LogP contribution in [0.4, 0.5) is 0 Å². The van der Waals surface area contributed by atoms with Gasteiger partial charge < -0.3 is 14.3 Å². The molecule has 0 amide bonds. The van der Waals surface area contributed by atoms with Crippen molar-refractivity contribution in [2.24, 2.45) is 0 Å². The summed E-state index contributed by atoms with van der Waals surface area (Å²) in [5.74, 6) is -0.640. The summed E-state index contributed by atoms with van der Waals surface area (Å²) in [6, 6.07) is 0. The Bertz CT molecular complexity index is 186. The third-order valence-electron chi connectivity index (χ3n) is 1.75. The van der Waals surface area contributed by atoms with Crippen molar-refractivity contribution in [1.29, 1.82) is 0 Å². The van der Waals surface area contributed by atoms with Crippen molar-refractivity contribution < 1.29 is 14.3 Å². The van der Waals surface area contributed by atoms with Crippen molar-refractivity contribution in [2.45, 2.75) is 38.3 Å². The van der Waals surface area contributed by atoms with E-state index < -0.39 is 11.9 Å². The molecule has 1 fully saturated rings. The van der Waals surface area contributed by atoms with Crippen LogP contribution in [0.2, 0.25) is 0 Å². The van der Waals surface area contributed by atoms with Gasteiger partial charge in [-0.1, -0.05) is 6.08 Å². The number of ether oxygens (including phenoxy) is 2. The fraction of sp³-hybridized carbons (Fsp3) is 0.667. The third kappa shape index (κ3) is 1.93. The minimum absolute atomic E-state index is 0.171. The monoisotopic (exact) mass is 170 g/mol. The molecule has 0 N–H and O–H groups in total. The SMILES string of the molecule is C=CC[C@H]1OC(C)(C)O[C@@H]1C=O. The lowest BCUT2D eigenvalue weighted by atomic mass is 10.1. The highest BCUT2D eigenvalue weighted by Gasteiger charge is 2.40. The number of carbonyl (C=O) groups excluding carboxylic acids is 1. The predicted octanol–water partition coefficient (Wildman–Crippen LogP) is 1.28. The van der Waals surface area contributed by atoms with E-state index in [1.54, 1.807) is 19.9 Å². The van der Waals surface area contributed by atoms with E-state index in [0.29, 0.717) is 6.42 Å². The Balaban J connectivity index is 2.62. The van der Waals surface area contributed by atoms with Crippen molar-refractivity contribution in [1.82, 2.24) is 0 Å². The van der Waals surface area contributed by atoms with Gasteiger partial charge in [-0.05, 0) is 20.3 Å². The molecule has 0 bridgehead atoms. The van der Waals surface area contributed by atoms with Crippen LogP contribution < -0.4 is 0 Å². The van der Waals surface area contributed by atoms with E-state index in [2.05, 4.69) is 6.58 Å². The smallest absolute Gasteiger partial charge is 0.164 e. The molecule has 0 spiro atoms. The first-order valence-corrected chi connectivity index (χ1v) is 4.01. The Morgan fingerprint density at radius 3 is 2.67 bits per heavy atom. The topological polar surface area (TPSA) is 35.5 Å². The second-order valence-electron chi connectivity index (χ2n) is 3.30. The molecule has 0 aliphatic carbocycles. The summed E-state index contributed by atoms with van der Waals surface area (Å²) in [6.45, 7) is 7.19. The fourth-order valence-electron chi connectivity index (χ4n) is 1.32. The van der Waals surface area contributed by atoms with Gasteiger partial charge in [-0.2, -0.15) is 0 Å². The van der Waals surface area contributed by atoms with Gasteiger partial charge in [0, 0.05) is 0 Å². The summed E-state index contributed by atoms with van der Waals surface area (Å²) in [4.78, 5) is 10.5. The summed E-state index contributed by atoms with van der Waals surface area (Å²) in [6.07, 6.45) is 2.54. The lowest BCUT2D eigenvalue weighted by Gasteiger charge is -2.15. The normalized spacial score (nSPS) is 33.2. The molecular weight excluding hydrogens is 156 g/mol. The molecule has 12 heavy (non-hydrogen) atoms. The third-order valence-corrected chi connectivity index (χ3v) is 1.75. The fourth-order valence-corrected chi connectivity index (χ4v) is 1.32. The Hall–Kier alpha value is -0.670. The molecule has 0 saturated carbocycles. The molecule has 0 unspecified atom stereocenters. The van der Waals surface area contributed by atoms with Crippen LogP contribution in [-0.4, -0.2) is 24.3 Å². The number of hydrogen-bond donors (Lipinski definition) is 0. The van der Waals surface area contributed by atoms with Gasteiger partial charge >= 0.3 is 0 Å². The van der Waals surface area contributed by atoms with Crippen LogP contribution in [0.1, 0.15) is 20.3 Å². The van der Waals surface area contributed by atoms with Gasteiger partial charge in [0.25, 0.3) is 0 Å². The minimum atomic E-state index is -0.640. The summed E-state index contributed by atoms with van der Waals surface area (Å²) in [5, 5.41) is 0. The summed E-state index contributed by atoms with van der Waals surface area (Å²) in [7, 11) is 0. The van der Waals surface area contributed by atoms with E-state index in [9.17, 15) is 4.79 Å². The van der Waals surface area contributed by atoms with Gasteiger partial charge in [0.1, 0.15) is 6.10 Å². The average molecular weight is 170 g/mol. The maximum Gasteiger partial charge on any atom is 0.164 e. The molecule has 68 valence electrons. The number of carbonyl (C=O) groups is 1. The van der Waals surface area contributed by atoms with Crippen LogP contribution in [0.25, 0.3) is 0 Å². The highest BCUT2D eigenvalue weighted by atomic mass is 16.8. The Morgan fingerprint density at radius 1 is 1.50 bits per heavy atom. The lowest BCUT2D eigenvalue weighted by molar-refractivity contribution is -0.149. The Labute approximate surface area is 72.4 Å². The van der Waals surface area contributed by atoms with E-state index >= 15 is 0 Å². The number of aldehydes is 1. The lowest BCUT2D eigenvalue weighted by Crippen LogP contribution is -2.23. The van der Waals surface area contributed by atoms with E-state index in [-0.39, 0.29) is 6.10 Å². The van der Waals surface area contributed by atoms with Crippen molar-refractivity contribution in [2.75, 3.05) is 0 Å². The van der Waals surface area contributed by atoms with Crippen LogP contribution in [0.5, 0.6) is 0 Å². The van der Waals surface area contributed by atoms with Crippen molar-refractivity contribution in [3.63, 3.8) is 0 Å². The maximum absolute atomic E-state index is 10.5. The highest BCUT2D eigenvalue weighted by Crippen LogP contribution is 2.28.